The molecule has 0 saturated heterocycles. The Morgan fingerprint density at radius 3 is 2.58 bits per heavy atom. The number of nitrogens with zero attached hydrogens (tertiary/aromatic N) is 2. The van der Waals surface area contributed by atoms with Crippen LogP contribution in [0.3, 0.4) is 0 Å². The number of thiophene rings is 1. The number of carbonyl (C=O) groups excluding carboxylic acids is 1. The molecule has 0 radical (unpaired) electrons. The first-order valence-corrected chi connectivity index (χ1v) is 10.7. The van der Waals surface area contributed by atoms with Gasteiger partial charge in [0.1, 0.15) is 5.00 Å². The van der Waals surface area contributed by atoms with Crippen molar-refractivity contribution in [2.75, 3.05) is 18.5 Å². The molecule has 1 N–H and O–H groups in total. The Morgan fingerprint density at radius 1 is 1.16 bits per heavy atom. The molecule has 0 spiro atoms. The summed E-state index contributed by atoms with van der Waals surface area (Å²) >= 11 is 1.39. The number of carbonyl (C=O) groups is 1. The number of hydrogen-bond donors (Lipinski definition) is 1. The minimum absolute atomic E-state index is 0.0205. The molecule has 0 saturated carbocycles. The van der Waals surface area contributed by atoms with E-state index in [2.05, 4.69) is 15.3 Å². The number of para-hydroxylation sites is 2. The Bertz CT molecular complexity index is 1110. The van der Waals surface area contributed by atoms with E-state index in [0.29, 0.717) is 21.6 Å². The number of halogens is 3. The van der Waals surface area contributed by atoms with E-state index in [4.69, 9.17) is 9.47 Å². The molecule has 1 aliphatic carbocycles. The van der Waals surface area contributed by atoms with Gasteiger partial charge in [-0.1, -0.05) is 12.1 Å². The zero-order valence-electron chi connectivity index (χ0n) is 16.7. The first-order chi connectivity index (χ1) is 14.9. The first-order valence-electron chi connectivity index (χ1n) is 9.90. The van der Waals surface area contributed by atoms with E-state index in [9.17, 15) is 18.0 Å². The van der Waals surface area contributed by atoms with Gasteiger partial charge in [-0.3, -0.25) is 0 Å². The third-order valence-electron chi connectivity index (χ3n) is 4.79. The SMILES string of the molecule is CCOC(=O)c1c(Nc2nc3ccccc3nc2OCC(F)(F)F)sc2c1CCCC2. The molecule has 4 rings (SSSR count). The van der Waals surface area contributed by atoms with Crippen LogP contribution in [-0.4, -0.2) is 35.3 Å². The van der Waals surface area contributed by atoms with Gasteiger partial charge in [0, 0.05) is 4.88 Å². The number of esters is 1. The van der Waals surface area contributed by atoms with Crippen molar-refractivity contribution >= 4 is 39.2 Å². The Balaban J connectivity index is 1.77. The summed E-state index contributed by atoms with van der Waals surface area (Å²) in [7, 11) is 0. The maximum Gasteiger partial charge on any atom is 0.422 e. The highest BCUT2D eigenvalue weighted by Crippen LogP contribution is 2.41. The normalized spacial score (nSPS) is 13.7. The van der Waals surface area contributed by atoms with Gasteiger partial charge in [-0.25, -0.2) is 14.8 Å². The van der Waals surface area contributed by atoms with Crippen LogP contribution in [0.5, 0.6) is 5.88 Å². The van der Waals surface area contributed by atoms with Crippen molar-refractivity contribution in [3.05, 3.63) is 40.3 Å². The molecule has 1 aliphatic rings. The molecule has 0 amide bonds. The molecule has 31 heavy (non-hydrogen) atoms. The highest BCUT2D eigenvalue weighted by molar-refractivity contribution is 7.16. The minimum Gasteiger partial charge on any atom is -0.465 e. The average molecular weight is 451 g/mol. The van der Waals surface area contributed by atoms with Gasteiger partial charge in [-0.05, 0) is 50.3 Å². The van der Waals surface area contributed by atoms with E-state index in [1.807, 2.05) is 0 Å². The lowest BCUT2D eigenvalue weighted by atomic mass is 9.95. The molecule has 6 nitrogen and oxygen atoms in total. The zero-order valence-corrected chi connectivity index (χ0v) is 17.5. The largest absolute Gasteiger partial charge is 0.465 e. The van der Waals surface area contributed by atoms with Gasteiger partial charge < -0.3 is 14.8 Å². The van der Waals surface area contributed by atoms with Gasteiger partial charge in [0.25, 0.3) is 5.88 Å². The number of aromatic nitrogens is 2. The molecule has 10 heteroatoms. The molecule has 1 aromatic carbocycles. The number of rotatable bonds is 6. The van der Waals surface area contributed by atoms with E-state index in [0.717, 1.165) is 36.1 Å². The first kappa shape index (κ1) is 21.4. The van der Waals surface area contributed by atoms with Crippen LogP contribution in [0.1, 0.15) is 40.6 Å². The van der Waals surface area contributed by atoms with Crippen molar-refractivity contribution in [3.8, 4) is 5.88 Å². The van der Waals surface area contributed by atoms with E-state index < -0.39 is 18.8 Å². The third kappa shape index (κ3) is 4.73. The minimum atomic E-state index is -4.53. The van der Waals surface area contributed by atoms with Gasteiger partial charge in [0.05, 0.1) is 23.2 Å². The number of benzene rings is 1. The topological polar surface area (TPSA) is 73.3 Å². The van der Waals surface area contributed by atoms with Crippen molar-refractivity contribution in [3.63, 3.8) is 0 Å². The third-order valence-corrected chi connectivity index (χ3v) is 6.00. The maximum absolute atomic E-state index is 12.8. The molecule has 0 bridgehead atoms. The quantitative estimate of drug-likeness (QED) is 0.504. The Hall–Kier alpha value is -2.88. The van der Waals surface area contributed by atoms with Crippen molar-refractivity contribution in [2.45, 2.75) is 38.8 Å². The van der Waals surface area contributed by atoms with Gasteiger partial charge in [0.2, 0.25) is 0 Å². The lowest BCUT2D eigenvalue weighted by molar-refractivity contribution is -0.153. The van der Waals surface area contributed by atoms with Gasteiger partial charge in [0.15, 0.2) is 12.4 Å². The molecule has 164 valence electrons. The summed E-state index contributed by atoms with van der Waals surface area (Å²) in [6, 6.07) is 6.81. The van der Waals surface area contributed by atoms with Crippen molar-refractivity contribution in [1.82, 2.24) is 9.97 Å². The van der Waals surface area contributed by atoms with Crippen molar-refractivity contribution in [1.29, 1.82) is 0 Å². The summed E-state index contributed by atoms with van der Waals surface area (Å²) in [6.45, 7) is 0.445. The number of alkyl halides is 3. The summed E-state index contributed by atoms with van der Waals surface area (Å²) in [6.07, 6.45) is -0.948. The summed E-state index contributed by atoms with van der Waals surface area (Å²) in [5.74, 6) is -0.722. The fourth-order valence-electron chi connectivity index (χ4n) is 3.50. The number of aryl methyl sites for hydroxylation is 1. The lowest BCUT2D eigenvalue weighted by Crippen LogP contribution is -2.20. The van der Waals surface area contributed by atoms with Crippen LogP contribution in [0, 0.1) is 0 Å². The predicted molar refractivity (Wildman–Crippen MR) is 111 cm³/mol. The van der Waals surface area contributed by atoms with Gasteiger partial charge >= 0.3 is 12.1 Å². The Labute approximate surface area is 180 Å². The van der Waals surface area contributed by atoms with Crippen molar-refractivity contribution < 1.29 is 27.4 Å². The molecule has 3 aromatic rings. The van der Waals surface area contributed by atoms with Gasteiger partial charge in [-0.2, -0.15) is 13.2 Å². The molecule has 0 atom stereocenters. The summed E-state index contributed by atoms with van der Waals surface area (Å²) in [5.41, 5.74) is 2.24. The van der Waals surface area contributed by atoms with Crippen LogP contribution in [0.25, 0.3) is 11.0 Å². The predicted octanol–water partition coefficient (Wildman–Crippen LogP) is 5.43. The Morgan fingerprint density at radius 2 is 1.87 bits per heavy atom. The number of hydrogen-bond acceptors (Lipinski definition) is 7. The van der Waals surface area contributed by atoms with Crippen LogP contribution in [0.15, 0.2) is 24.3 Å². The van der Waals surface area contributed by atoms with Crippen LogP contribution in [0.4, 0.5) is 24.0 Å². The summed E-state index contributed by atoms with van der Waals surface area (Å²) in [5, 5.41) is 3.50. The van der Waals surface area contributed by atoms with Gasteiger partial charge in [-0.15, -0.1) is 11.3 Å². The highest BCUT2D eigenvalue weighted by Gasteiger charge is 2.31. The summed E-state index contributed by atoms with van der Waals surface area (Å²) in [4.78, 5) is 22.4. The molecule has 2 heterocycles. The van der Waals surface area contributed by atoms with E-state index >= 15 is 0 Å². The summed E-state index contributed by atoms with van der Waals surface area (Å²) < 4.78 is 48.5. The Kier molecular flexibility index (Phi) is 5.99. The molecule has 2 aromatic heterocycles. The lowest BCUT2D eigenvalue weighted by Gasteiger charge is -2.14. The van der Waals surface area contributed by atoms with E-state index in [1.165, 1.54) is 11.3 Å². The fourth-order valence-corrected chi connectivity index (χ4v) is 4.77. The standard InChI is InChI=1S/C21H20F3N3O3S/c1-2-29-20(28)16-12-7-3-6-10-15(12)31-19(16)27-17-18(30-11-21(22,23)24)26-14-9-5-4-8-13(14)25-17/h4-5,8-9H,2-3,6-7,10-11H2,1H3,(H,25,27). The molecule has 0 fully saturated rings. The highest BCUT2D eigenvalue weighted by atomic mass is 32.1. The second-order valence-corrected chi connectivity index (χ2v) is 8.14. The maximum atomic E-state index is 12.8. The van der Waals surface area contributed by atoms with Crippen LogP contribution in [0.2, 0.25) is 0 Å². The second kappa shape index (κ2) is 8.70. The monoisotopic (exact) mass is 451 g/mol. The van der Waals surface area contributed by atoms with E-state index in [-0.39, 0.29) is 18.3 Å². The smallest absolute Gasteiger partial charge is 0.422 e. The number of nitrogens with one attached hydrogen (secondary N) is 1. The molecular weight excluding hydrogens is 431 g/mol. The average Bonchev–Trinajstić information content (AvgIpc) is 3.09. The van der Waals surface area contributed by atoms with E-state index in [1.54, 1.807) is 31.2 Å². The second-order valence-electron chi connectivity index (χ2n) is 7.03. The van der Waals surface area contributed by atoms with Crippen molar-refractivity contribution in [2.24, 2.45) is 0 Å². The fraction of sp³-hybridized carbons (Fsp3) is 0.381. The molecule has 0 unspecified atom stereocenters. The number of fused-ring (bicyclic) bond motifs is 2. The van der Waals surface area contributed by atoms with Crippen LogP contribution < -0.4 is 10.1 Å². The van der Waals surface area contributed by atoms with Crippen LogP contribution in [-0.2, 0) is 17.6 Å². The zero-order chi connectivity index (χ0) is 22.0. The number of anilines is 2. The molecule has 0 aliphatic heterocycles. The van der Waals surface area contributed by atoms with Crippen LogP contribution >= 0.6 is 11.3 Å². The molecular formula is C21H20F3N3O3S. The number of ether oxygens (including phenoxy) is 2.